The van der Waals surface area contributed by atoms with Crippen molar-refractivity contribution >= 4 is 60.9 Å². The zero-order valence-corrected chi connectivity index (χ0v) is 15.6. The lowest BCUT2D eigenvalue weighted by Crippen LogP contribution is -2.11. The molecule has 1 amide bonds. The Balaban J connectivity index is 1.77. The second kappa shape index (κ2) is 6.84. The van der Waals surface area contributed by atoms with E-state index < -0.39 is 0 Å². The van der Waals surface area contributed by atoms with E-state index in [-0.39, 0.29) is 5.91 Å². The van der Waals surface area contributed by atoms with Crippen LogP contribution in [-0.2, 0) is 0 Å². The topological polar surface area (TPSA) is 54.9 Å². The summed E-state index contributed by atoms with van der Waals surface area (Å²) in [4.78, 5) is 20.6. The average molecular weight is 486 g/mol. The maximum Gasteiger partial charge on any atom is 0.259 e. The molecule has 0 saturated carbocycles. The van der Waals surface area contributed by atoms with E-state index in [9.17, 15) is 4.79 Å². The van der Waals surface area contributed by atoms with Crippen LogP contribution in [0.3, 0.4) is 0 Å². The fourth-order valence-corrected chi connectivity index (χ4v) is 3.23. The number of hydrogen-bond donors (Lipinski definition) is 1. The van der Waals surface area contributed by atoms with Gasteiger partial charge in [0.05, 0.1) is 11.3 Å². The molecule has 22 heavy (non-hydrogen) atoms. The van der Waals surface area contributed by atoms with Gasteiger partial charge in [0.25, 0.3) is 5.91 Å². The minimum absolute atomic E-state index is 0.225. The molecule has 0 fully saturated rings. The number of nitrogens with zero attached hydrogens (tertiary/aromatic N) is 2. The van der Waals surface area contributed by atoms with Crippen molar-refractivity contribution < 1.29 is 4.79 Å². The van der Waals surface area contributed by atoms with Crippen LogP contribution >= 0.6 is 49.9 Å². The SMILES string of the molecule is O=C(Nc1nc(-c2ccc(I)cc2)cs1)c1cncc(Br)c1. The summed E-state index contributed by atoms with van der Waals surface area (Å²) in [6, 6.07) is 9.80. The number of rotatable bonds is 3. The fraction of sp³-hybridized carbons (Fsp3) is 0. The number of benzene rings is 1. The summed E-state index contributed by atoms with van der Waals surface area (Å²) < 4.78 is 1.94. The molecule has 3 rings (SSSR count). The largest absolute Gasteiger partial charge is 0.298 e. The van der Waals surface area contributed by atoms with Crippen LogP contribution in [-0.4, -0.2) is 15.9 Å². The molecule has 2 heterocycles. The summed E-state index contributed by atoms with van der Waals surface area (Å²) in [7, 11) is 0. The molecule has 0 unspecified atom stereocenters. The van der Waals surface area contributed by atoms with E-state index in [1.54, 1.807) is 12.3 Å². The first-order chi connectivity index (χ1) is 10.6. The van der Waals surface area contributed by atoms with Crippen LogP contribution < -0.4 is 5.32 Å². The molecule has 0 aliphatic carbocycles. The summed E-state index contributed by atoms with van der Waals surface area (Å²) in [6.45, 7) is 0. The van der Waals surface area contributed by atoms with Crippen molar-refractivity contribution in [1.82, 2.24) is 9.97 Å². The Bertz CT molecular complexity index is 820. The molecular formula is C15H9BrIN3OS. The molecule has 2 aromatic heterocycles. The molecule has 4 nitrogen and oxygen atoms in total. The van der Waals surface area contributed by atoms with Crippen molar-refractivity contribution in [3.05, 3.63) is 61.7 Å². The Labute approximate surface area is 153 Å². The Morgan fingerprint density at radius 2 is 2.00 bits per heavy atom. The lowest BCUT2D eigenvalue weighted by atomic mass is 10.2. The van der Waals surface area contributed by atoms with E-state index in [4.69, 9.17) is 0 Å². The number of pyridine rings is 1. The molecule has 7 heteroatoms. The van der Waals surface area contributed by atoms with Gasteiger partial charge in [0.15, 0.2) is 5.13 Å². The number of carbonyl (C=O) groups excluding carboxylic acids is 1. The fourth-order valence-electron chi connectivity index (χ4n) is 1.79. The average Bonchev–Trinajstić information content (AvgIpc) is 2.96. The second-order valence-corrected chi connectivity index (χ2v) is 7.41. The van der Waals surface area contributed by atoms with Gasteiger partial charge in [0, 0.05) is 31.4 Å². The van der Waals surface area contributed by atoms with E-state index in [1.165, 1.54) is 21.1 Å². The van der Waals surface area contributed by atoms with Gasteiger partial charge < -0.3 is 0 Å². The normalized spacial score (nSPS) is 10.5. The van der Waals surface area contributed by atoms with E-state index in [2.05, 4.69) is 53.8 Å². The first-order valence-corrected chi connectivity index (χ1v) is 9.00. The summed E-state index contributed by atoms with van der Waals surface area (Å²) in [5.74, 6) is -0.225. The van der Waals surface area contributed by atoms with Gasteiger partial charge in [-0.25, -0.2) is 4.98 Å². The minimum atomic E-state index is -0.225. The zero-order chi connectivity index (χ0) is 15.5. The Hall–Kier alpha value is -1.32. The molecule has 0 spiro atoms. The van der Waals surface area contributed by atoms with Crippen LogP contribution in [0.25, 0.3) is 11.3 Å². The Morgan fingerprint density at radius 1 is 1.23 bits per heavy atom. The molecule has 1 N–H and O–H groups in total. The third-order valence-corrected chi connectivity index (χ3v) is 4.74. The molecule has 0 aliphatic heterocycles. The molecule has 110 valence electrons. The van der Waals surface area contributed by atoms with Crippen molar-refractivity contribution in [1.29, 1.82) is 0 Å². The van der Waals surface area contributed by atoms with Gasteiger partial charge in [-0.2, -0.15) is 0 Å². The maximum atomic E-state index is 12.2. The molecule has 0 saturated heterocycles. The van der Waals surface area contributed by atoms with Crippen LogP contribution in [0.15, 0.2) is 52.6 Å². The van der Waals surface area contributed by atoms with Crippen LogP contribution in [0.2, 0.25) is 0 Å². The van der Waals surface area contributed by atoms with Crippen molar-refractivity contribution in [3.63, 3.8) is 0 Å². The third-order valence-electron chi connectivity index (χ3n) is 2.83. The predicted octanol–water partition coefficient (Wildman–Crippen LogP) is 4.82. The highest BCUT2D eigenvalue weighted by Gasteiger charge is 2.10. The molecule has 3 aromatic rings. The second-order valence-electron chi connectivity index (χ2n) is 4.39. The van der Waals surface area contributed by atoms with Crippen molar-refractivity contribution in [3.8, 4) is 11.3 Å². The van der Waals surface area contributed by atoms with Gasteiger partial charge in [-0.05, 0) is 56.7 Å². The van der Waals surface area contributed by atoms with Gasteiger partial charge in [0.2, 0.25) is 0 Å². The van der Waals surface area contributed by atoms with Gasteiger partial charge in [-0.15, -0.1) is 11.3 Å². The van der Waals surface area contributed by atoms with Crippen LogP contribution in [0.5, 0.6) is 0 Å². The smallest absolute Gasteiger partial charge is 0.259 e. The number of anilines is 1. The van der Waals surface area contributed by atoms with E-state index >= 15 is 0 Å². The summed E-state index contributed by atoms with van der Waals surface area (Å²) in [6.07, 6.45) is 3.16. The standard InChI is InChI=1S/C15H9BrIN3OS/c16-11-5-10(6-18-7-11)14(21)20-15-19-13(8-22-15)9-1-3-12(17)4-2-9/h1-8H,(H,19,20,21). The summed E-state index contributed by atoms with van der Waals surface area (Å²) in [5, 5.41) is 5.29. The highest BCUT2D eigenvalue weighted by atomic mass is 127. The number of halogens is 2. The Kier molecular flexibility index (Phi) is 4.84. The number of carbonyl (C=O) groups is 1. The maximum absolute atomic E-state index is 12.2. The van der Waals surface area contributed by atoms with Gasteiger partial charge in [-0.3, -0.25) is 15.1 Å². The highest BCUT2D eigenvalue weighted by Crippen LogP contribution is 2.25. The minimum Gasteiger partial charge on any atom is -0.298 e. The molecule has 0 aliphatic rings. The number of thiazole rings is 1. The molecule has 0 radical (unpaired) electrons. The van der Waals surface area contributed by atoms with E-state index in [1.807, 2.05) is 29.6 Å². The van der Waals surface area contributed by atoms with Crippen LogP contribution in [0.4, 0.5) is 5.13 Å². The van der Waals surface area contributed by atoms with Crippen molar-refractivity contribution in [2.75, 3.05) is 5.32 Å². The van der Waals surface area contributed by atoms with Crippen molar-refractivity contribution in [2.24, 2.45) is 0 Å². The highest BCUT2D eigenvalue weighted by molar-refractivity contribution is 14.1. The predicted molar refractivity (Wildman–Crippen MR) is 100 cm³/mol. The summed E-state index contributed by atoms with van der Waals surface area (Å²) in [5.41, 5.74) is 2.37. The monoisotopic (exact) mass is 485 g/mol. The lowest BCUT2D eigenvalue weighted by molar-refractivity contribution is 0.102. The quantitative estimate of drug-likeness (QED) is 0.541. The van der Waals surface area contributed by atoms with Gasteiger partial charge >= 0.3 is 0 Å². The number of nitrogens with one attached hydrogen (secondary N) is 1. The third kappa shape index (κ3) is 3.71. The number of amides is 1. The number of hydrogen-bond acceptors (Lipinski definition) is 4. The molecule has 1 aromatic carbocycles. The first-order valence-electron chi connectivity index (χ1n) is 6.25. The Morgan fingerprint density at radius 3 is 2.73 bits per heavy atom. The lowest BCUT2D eigenvalue weighted by Gasteiger charge is -2.01. The van der Waals surface area contributed by atoms with E-state index in [0.717, 1.165) is 15.7 Å². The van der Waals surface area contributed by atoms with Gasteiger partial charge in [0.1, 0.15) is 0 Å². The van der Waals surface area contributed by atoms with Crippen LogP contribution in [0.1, 0.15) is 10.4 Å². The molecule has 0 bridgehead atoms. The zero-order valence-electron chi connectivity index (χ0n) is 11.1. The first kappa shape index (κ1) is 15.6. The number of aromatic nitrogens is 2. The molecular weight excluding hydrogens is 477 g/mol. The molecule has 0 atom stereocenters. The van der Waals surface area contributed by atoms with E-state index in [0.29, 0.717) is 10.7 Å². The van der Waals surface area contributed by atoms with Crippen molar-refractivity contribution in [2.45, 2.75) is 0 Å². The van der Waals surface area contributed by atoms with Gasteiger partial charge in [-0.1, -0.05) is 12.1 Å². The summed E-state index contributed by atoms with van der Waals surface area (Å²) >= 11 is 6.96. The van der Waals surface area contributed by atoms with Crippen LogP contribution in [0, 0.1) is 3.57 Å².